The van der Waals surface area contributed by atoms with Crippen LogP contribution in [0.15, 0.2) is 18.2 Å². The minimum atomic E-state index is -0.411. The molecule has 0 unspecified atom stereocenters. The van der Waals surface area contributed by atoms with Crippen molar-refractivity contribution in [3.05, 3.63) is 35.2 Å². The highest BCUT2D eigenvalue weighted by molar-refractivity contribution is 5.71. The molecule has 7 nitrogen and oxygen atoms in total. The van der Waals surface area contributed by atoms with Crippen LogP contribution >= 0.6 is 0 Å². The number of benzene rings is 1. The number of hydrogen-bond acceptors (Lipinski definition) is 6. The van der Waals surface area contributed by atoms with E-state index in [0.717, 1.165) is 42.8 Å². The molecule has 0 bridgehead atoms. The smallest absolute Gasteiger partial charge is 0.319 e. The Morgan fingerprint density at radius 1 is 1.27 bits per heavy atom. The largest absolute Gasteiger partial charge is 0.465 e. The number of tetrazole rings is 1. The molecule has 2 aromatic rings. The van der Waals surface area contributed by atoms with Gasteiger partial charge in [-0.15, -0.1) is 5.10 Å². The predicted molar refractivity (Wildman–Crippen MR) is 98.0 cm³/mol. The van der Waals surface area contributed by atoms with Crippen LogP contribution in [0.25, 0.3) is 5.69 Å². The second-order valence-electron chi connectivity index (χ2n) is 7.01. The summed E-state index contributed by atoms with van der Waals surface area (Å²) in [6, 6.07) is 6.24. The highest BCUT2D eigenvalue weighted by atomic mass is 16.5. The molecule has 0 aliphatic heterocycles. The van der Waals surface area contributed by atoms with Gasteiger partial charge in [0.1, 0.15) is 0 Å². The number of rotatable bonds is 6. The Bertz CT molecular complexity index is 765. The fourth-order valence-corrected chi connectivity index (χ4v) is 3.78. The molecule has 1 aliphatic rings. The first-order valence-corrected chi connectivity index (χ1v) is 9.33. The normalized spacial score (nSPS) is 16.4. The number of carbonyl (C=O) groups excluding carboxylic acids is 1. The molecule has 3 rings (SSSR count). The number of ether oxygens (including phenoxy) is 1. The van der Waals surface area contributed by atoms with Gasteiger partial charge in [-0.2, -0.15) is 4.68 Å². The van der Waals surface area contributed by atoms with Gasteiger partial charge in [0.25, 0.3) is 0 Å². The zero-order chi connectivity index (χ0) is 18.6. The van der Waals surface area contributed by atoms with E-state index in [0.29, 0.717) is 6.61 Å². The number of aromatic nitrogens is 4. The maximum Gasteiger partial charge on any atom is 0.319 e. The van der Waals surface area contributed by atoms with Gasteiger partial charge in [0.05, 0.1) is 24.4 Å². The van der Waals surface area contributed by atoms with Gasteiger partial charge in [0, 0.05) is 0 Å². The Hall–Kier alpha value is -2.28. The molecular weight excluding hydrogens is 330 g/mol. The van der Waals surface area contributed by atoms with Crippen molar-refractivity contribution in [2.45, 2.75) is 58.4 Å². The quantitative estimate of drug-likeness (QED) is 0.800. The zero-order valence-electron chi connectivity index (χ0n) is 15.8. The van der Waals surface area contributed by atoms with E-state index < -0.39 is 5.54 Å². The van der Waals surface area contributed by atoms with Gasteiger partial charge in [-0.1, -0.05) is 37.0 Å². The van der Waals surface area contributed by atoms with Crippen LogP contribution in [0.5, 0.6) is 0 Å². The summed E-state index contributed by atoms with van der Waals surface area (Å²) in [5.74, 6) is 0.524. The van der Waals surface area contributed by atoms with E-state index in [1.54, 1.807) is 0 Å². The van der Waals surface area contributed by atoms with Crippen molar-refractivity contribution in [3.63, 3.8) is 0 Å². The van der Waals surface area contributed by atoms with Gasteiger partial charge in [0.15, 0.2) is 5.82 Å². The van der Waals surface area contributed by atoms with Crippen LogP contribution in [0.4, 0.5) is 0 Å². The predicted octanol–water partition coefficient (Wildman–Crippen LogP) is 2.59. The first kappa shape index (κ1) is 18.5. The van der Waals surface area contributed by atoms with Gasteiger partial charge in [0.2, 0.25) is 0 Å². The number of hydrogen-bond donors (Lipinski definition) is 1. The minimum Gasteiger partial charge on any atom is -0.465 e. The van der Waals surface area contributed by atoms with Crippen molar-refractivity contribution >= 4 is 5.97 Å². The van der Waals surface area contributed by atoms with E-state index in [1.807, 2.05) is 17.7 Å². The van der Waals surface area contributed by atoms with E-state index in [4.69, 9.17) is 4.74 Å². The van der Waals surface area contributed by atoms with Gasteiger partial charge >= 0.3 is 5.97 Å². The number of carbonyl (C=O) groups is 1. The van der Waals surface area contributed by atoms with Crippen molar-refractivity contribution in [3.8, 4) is 5.69 Å². The first-order chi connectivity index (χ1) is 12.6. The molecule has 0 saturated heterocycles. The van der Waals surface area contributed by atoms with Crippen LogP contribution in [-0.4, -0.2) is 39.3 Å². The van der Waals surface area contributed by atoms with E-state index >= 15 is 0 Å². The number of esters is 1. The average molecular weight is 357 g/mol. The molecule has 1 aliphatic carbocycles. The van der Waals surface area contributed by atoms with E-state index in [9.17, 15) is 4.79 Å². The third-order valence-electron chi connectivity index (χ3n) is 5.06. The summed E-state index contributed by atoms with van der Waals surface area (Å²) in [6.45, 7) is 6.49. The highest BCUT2D eigenvalue weighted by Gasteiger charge is 2.39. The Labute approximate surface area is 154 Å². The molecule has 0 spiro atoms. The standard InChI is InChI=1S/C19H27N5O2/c1-4-26-17(25)13-20-19(10-6-5-7-11-19)18-21-22-23-24(18)16-9-8-14(2)12-15(16)3/h8-9,12,20H,4-7,10-11,13H2,1-3H3. The van der Waals surface area contributed by atoms with E-state index in [2.05, 4.69) is 46.8 Å². The monoisotopic (exact) mass is 357 g/mol. The maximum atomic E-state index is 11.9. The third-order valence-corrected chi connectivity index (χ3v) is 5.06. The fraction of sp³-hybridized carbons (Fsp3) is 0.579. The first-order valence-electron chi connectivity index (χ1n) is 9.33. The SMILES string of the molecule is CCOC(=O)CNC1(c2nnnn2-c2ccc(C)cc2C)CCCCC1. The second kappa shape index (κ2) is 7.95. The molecule has 1 saturated carbocycles. The number of aryl methyl sites for hydroxylation is 2. The molecule has 1 N–H and O–H groups in total. The molecule has 26 heavy (non-hydrogen) atoms. The third kappa shape index (κ3) is 3.77. The van der Waals surface area contributed by atoms with Crippen LogP contribution in [0.1, 0.15) is 56.0 Å². The topological polar surface area (TPSA) is 81.9 Å². The van der Waals surface area contributed by atoms with E-state index in [1.165, 1.54) is 12.0 Å². The van der Waals surface area contributed by atoms with Crippen LogP contribution in [0, 0.1) is 13.8 Å². The summed E-state index contributed by atoms with van der Waals surface area (Å²) in [7, 11) is 0. The minimum absolute atomic E-state index is 0.160. The van der Waals surface area contributed by atoms with Crippen molar-refractivity contribution < 1.29 is 9.53 Å². The summed E-state index contributed by atoms with van der Waals surface area (Å²) in [4.78, 5) is 11.9. The van der Waals surface area contributed by atoms with Gasteiger partial charge in [-0.3, -0.25) is 10.1 Å². The molecule has 0 amide bonds. The fourth-order valence-electron chi connectivity index (χ4n) is 3.78. The summed E-state index contributed by atoms with van der Waals surface area (Å²) in [6.07, 6.45) is 5.15. The summed E-state index contributed by atoms with van der Waals surface area (Å²) in [5.41, 5.74) is 2.88. The van der Waals surface area contributed by atoms with Crippen molar-refractivity contribution in [2.24, 2.45) is 0 Å². The molecule has 1 heterocycles. The van der Waals surface area contributed by atoms with E-state index in [-0.39, 0.29) is 12.5 Å². The van der Waals surface area contributed by atoms with Gasteiger partial charge in [-0.25, -0.2) is 0 Å². The molecule has 1 fully saturated rings. The molecule has 1 aromatic carbocycles. The Morgan fingerprint density at radius 2 is 2.04 bits per heavy atom. The lowest BCUT2D eigenvalue weighted by molar-refractivity contribution is -0.142. The lowest BCUT2D eigenvalue weighted by atomic mass is 9.80. The molecule has 1 aromatic heterocycles. The number of nitrogens with one attached hydrogen (secondary N) is 1. The lowest BCUT2D eigenvalue weighted by Crippen LogP contribution is -2.48. The lowest BCUT2D eigenvalue weighted by Gasteiger charge is -2.36. The summed E-state index contributed by atoms with van der Waals surface area (Å²) in [5, 5.41) is 16.0. The Morgan fingerprint density at radius 3 is 2.73 bits per heavy atom. The Balaban J connectivity index is 1.95. The summed E-state index contributed by atoms with van der Waals surface area (Å²) >= 11 is 0. The molecule has 140 valence electrons. The molecule has 7 heteroatoms. The average Bonchev–Trinajstić information content (AvgIpc) is 3.11. The van der Waals surface area contributed by atoms with Crippen LogP contribution in [-0.2, 0) is 15.1 Å². The highest BCUT2D eigenvalue weighted by Crippen LogP contribution is 2.36. The maximum absolute atomic E-state index is 11.9. The second-order valence-corrected chi connectivity index (χ2v) is 7.01. The van der Waals surface area contributed by atoms with Crippen molar-refractivity contribution in [1.82, 2.24) is 25.5 Å². The van der Waals surface area contributed by atoms with Crippen LogP contribution in [0.2, 0.25) is 0 Å². The van der Waals surface area contributed by atoms with Crippen LogP contribution < -0.4 is 5.32 Å². The van der Waals surface area contributed by atoms with Crippen molar-refractivity contribution in [2.75, 3.05) is 13.2 Å². The van der Waals surface area contributed by atoms with Crippen molar-refractivity contribution in [1.29, 1.82) is 0 Å². The van der Waals surface area contributed by atoms with Gasteiger partial charge < -0.3 is 4.74 Å². The Kier molecular flexibility index (Phi) is 5.66. The molecule has 0 radical (unpaired) electrons. The van der Waals surface area contributed by atoms with Crippen LogP contribution in [0.3, 0.4) is 0 Å². The molecular formula is C19H27N5O2. The van der Waals surface area contributed by atoms with Gasteiger partial charge in [-0.05, 0) is 55.7 Å². The zero-order valence-corrected chi connectivity index (χ0v) is 15.8. The number of nitrogens with zero attached hydrogens (tertiary/aromatic N) is 4. The summed E-state index contributed by atoms with van der Waals surface area (Å²) < 4.78 is 6.90. The molecule has 0 atom stereocenters.